The Morgan fingerprint density at radius 3 is 2.76 bits per heavy atom. The molecular formula is C19H22N2O3S. The molecule has 2 N–H and O–H groups in total. The summed E-state index contributed by atoms with van der Waals surface area (Å²) in [5.41, 5.74) is 3.88. The Kier molecular flexibility index (Phi) is 5.22. The van der Waals surface area contributed by atoms with Gasteiger partial charge in [0.05, 0.1) is 6.10 Å². The Balaban J connectivity index is 1.62. The zero-order valence-electron chi connectivity index (χ0n) is 14.1. The highest BCUT2D eigenvalue weighted by atomic mass is 32.2. The summed E-state index contributed by atoms with van der Waals surface area (Å²) in [7, 11) is -1.57. The van der Waals surface area contributed by atoms with E-state index in [0.717, 1.165) is 29.5 Å². The van der Waals surface area contributed by atoms with Gasteiger partial charge >= 0.3 is 0 Å². The minimum atomic E-state index is -3.60. The SMILES string of the molecule is CN1CCc2cc(C(O)CNS(=O)(=O)/C=C/c3ccccc3)ccc21. The molecule has 1 atom stereocenters. The summed E-state index contributed by atoms with van der Waals surface area (Å²) in [4.78, 5) is 2.17. The lowest BCUT2D eigenvalue weighted by atomic mass is 10.0. The van der Waals surface area contributed by atoms with E-state index in [2.05, 4.69) is 9.62 Å². The molecule has 1 aliphatic heterocycles. The van der Waals surface area contributed by atoms with Crippen molar-refractivity contribution in [2.24, 2.45) is 0 Å². The van der Waals surface area contributed by atoms with Crippen LogP contribution in [0.3, 0.4) is 0 Å². The monoisotopic (exact) mass is 358 g/mol. The molecule has 25 heavy (non-hydrogen) atoms. The first-order chi connectivity index (χ1) is 11.9. The molecule has 0 aromatic heterocycles. The summed E-state index contributed by atoms with van der Waals surface area (Å²) >= 11 is 0. The molecule has 2 aromatic carbocycles. The number of fused-ring (bicyclic) bond motifs is 1. The quantitative estimate of drug-likeness (QED) is 0.831. The highest BCUT2D eigenvalue weighted by molar-refractivity contribution is 7.92. The number of rotatable bonds is 6. The van der Waals surface area contributed by atoms with E-state index in [9.17, 15) is 13.5 Å². The Labute approximate surface area is 148 Å². The van der Waals surface area contributed by atoms with Crippen molar-refractivity contribution in [3.05, 3.63) is 70.6 Å². The van der Waals surface area contributed by atoms with Crippen LogP contribution in [0.25, 0.3) is 6.08 Å². The van der Waals surface area contributed by atoms with Crippen LogP contribution >= 0.6 is 0 Å². The molecule has 0 fully saturated rings. The van der Waals surface area contributed by atoms with Gasteiger partial charge in [0.15, 0.2) is 0 Å². The van der Waals surface area contributed by atoms with Crippen LogP contribution in [0.2, 0.25) is 0 Å². The van der Waals surface area contributed by atoms with Gasteiger partial charge < -0.3 is 10.0 Å². The summed E-state index contributed by atoms with van der Waals surface area (Å²) in [6.45, 7) is 0.905. The predicted molar refractivity (Wildman–Crippen MR) is 101 cm³/mol. The van der Waals surface area contributed by atoms with Crippen LogP contribution < -0.4 is 9.62 Å². The molecule has 0 spiro atoms. The second kappa shape index (κ2) is 7.39. The minimum Gasteiger partial charge on any atom is -0.387 e. The predicted octanol–water partition coefficient (Wildman–Crippen LogP) is 2.30. The fourth-order valence-corrected chi connectivity index (χ4v) is 3.71. The van der Waals surface area contributed by atoms with Crippen molar-refractivity contribution in [1.29, 1.82) is 0 Å². The Bertz CT molecular complexity index is 863. The van der Waals surface area contributed by atoms with Gasteiger partial charge in [-0.3, -0.25) is 0 Å². The van der Waals surface area contributed by atoms with Gasteiger partial charge in [0, 0.05) is 31.2 Å². The largest absolute Gasteiger partial charge is 0.387 e. The van der Waals surface area contributed by atoms with E-state index in [-0.39, 0.29) is 6.54 Å². The second-order valence-corrected chi connectivity index (χ2v) is 7.83. The first kappa shape index (κ1) is 17.7. The lowest BCUT2D eigenvalue weighted by molar-refractivity contribution is 0.182. The average molecular weight is 358 g/mol. The molecule has 5 nitrogen and oxygen atoms in total. The normalized spacial score (nSPS) is 15.5. The van der Waals surface area contributed by atoms with Crippen molar-refractivity contribution in [3.63, 3.8) is 0 Å². The van der Waals surface area contributed by atoms with Crippen molar-refractivity contribution < 1.29 is 13.5 Å². The lowest BCUT2D eigenvalue weighted by Gasteiger charge is -2.15. The van der Waals surface area contributed by atoms with E-state index < -0.39 is 16.1 Å². The number of sulfonamides is 1. The number of aliphatic hydroxyl groups is 1. The second-order valence-electron chi connectivity index (χ2n) is 6.18. The average Bonchev–Trinajstić information content (AvgIpc) is 2.99. The number of hydrogen-bond acceptors (Lipinski definition) is 4. The van der Waals surface area contributed by atoms with E-state index in [0.29, 0.717) is 0 Å². The van der Waals surface area contributed by atoms with E-state index >= 15 is 0 Å². The van der Waals surface area contributed by atoms with Gasteiger partial charge in [-0.2, -0.15) is 0 Å². The molecule has 0 radical (unpaired) electrons. The zero-order valence-corrected chi connectivity index (χ0v) is 14.9. The number of likely N-dealkylation sites (N-methyl/N-ethyl adjacent to an activating group) is 1. The highest BCUT2D eigenvalue weighted by Crippen LogP contribution is 2.29. The van der Waals surface area contributed by atoms with Crippen LogP contribution in [0.15, 0.2) is 53.9 Å². The van der Waals surface area contributed by atoms with Gasteiger partial charge in [0.2, 0.25) is 10.0 Å². The van der Waals surface area contributed by atoms with Crippen molar-refractivity contribution in [1.82, 2.24) is 4.72 Å². The van der Waals surface area contributed by atoms with E-state index in [1.807, 2.05) is 55.6 Å². The van der Waals surface area contributed by atoms with Crippen LogP contribution in [0, 0.1) is 0 Å². The maximum Gasteiger partial charge on any atom is 0.233 e. The maximum absolute atomic E-state index is 12.1. The molecule has 0 aliphatic carbocycles. The molecule has 0 bridgehead atoms. The molecule has 6 heteroatoms. The number of nitrogens with one attached hydrogen (secondary N) is 1. The Morgan fingerprint density at radius 2 is 2.00 bits per heavy atom. The van der Waals surface area contributed by atoms with Gasteiger partial charge in [0.1, 0.15) is 0 Å². The van der Waals surface area contributed by atoms with Crippen LogP contribution in [-0.4, -0.2) is 33.7 Å². The number of hydrogen-bond donors (Lipinski definition) is 2. The fourth-order valence-electron chi connectivity index (χ4n) is 2.89. The molecule has 1 aliphatic rings. The van der Waals surface area contributed by atoms with Crippen molar-refractivity contribution in [2.45, 2.75) is 12.5 Å². The summed E-state index contributed by atoms with van der Waals surface area (Å²) in [6.07, 6.45) is 1.59. The van der Waals surface area contributed by atoms with E-state index in [1.54, 1.807) is 0 Å². The van der Waals surface area contributed by atoms with Gasteiger partial charge in [-0.1, -0.05) is 42.5 Å². The molecule has 2 aromatic rings. The molecule has 1 unspecified atom stereocenters. The number of anilines is 1. The van der Waals surface area contributed by atoms with E-state index in [4.69, 9.17) is 0 Å². The van der Waals surface area contributed by atoms with Gasteiger partial charge in [0.25, 0.3) is 0 Å². The molecule has 132 valence electrons. The lowest BCUT2D eigenvalue weighted by Crippen LogP contribution is -2.26. The molecule has 0 saturated heterocycles. The molecule has 0 amide bonds. The number of benzene rings is 2. The minimum absolute atomic E-state index is 0.0594. The van der Waals surface area contributed by atoms with Crippen molar-refractivity contribution in [3.8, 4) is 0 Å². The zero-order chi connectivity index (χ0) is 17.9. The first-order valence-electron chi connectivity index (χ1n) is 8.19. The topological polar surface area (TPSA) is 69.6 Å². The summed E-state index contributed by atoms with van der Waals surface area (Å²) in [5, 5.41) is 11.4. The summed E-state index contributed by atoms with van der Waals surface area (Å²) < 4.78 is 26.5. The third-order valence-corrected chi connectivity index (χ3v) is 5.40. The Hall–Kier alpha value is -2.15. The maximum atomic E-state index is 12.1. The van der Waals surface area contributed by atoms with Gasteiger partial charge in [-0.15, -0.1) is 0 Å². The van der Waals surface area contributed by atoms with Crippen LogP contribution in [0.1, 0.15) is 22.8 Å². The summed E-state index contributed by atoms with van der Waals surface area (Å²) in [5.74, 6) is 0. The highest BCUT2D eigenvalue weighted by Gasteiger charge is 2.18. The van der Waals surface area contributed by atoms with Gasteiger partial charge in [-0.05, 0) is 35.3 Å². The van der Waals surface area contributed by atoms with Crippen LogP contribution in [-0.2, 0) is 16.4 Å². The van der Waals surface area contributed by atoms with Crippen molar-refractivity contribution >= 4 is 21.8 Å². The third-order valence-electron chi connectivity index (χ3n) is 4.33. The number of nitrogens with zero attached hydrogens (tertiary/aromatic N) is 1. The molecular weight excluding hydrogens is 336 g/mol. The van der Waals surface area contributed by atoms with E-state index in [1.165, 1.54) is 17.3 Å². The first-order valence-corrected chi connectivity index (χ1v) is 9.74. The van der Waals surface area contributed by atoms with Crippen LogP contribution in [0.5, 0.6) is 0 Å². The van der Waals surface area contributed by atoms with Crippen molar-refractivity contribution in [2.75, 3.05) is 25.0 Å². The smallest absolute Gasteiger partial charge is 0.233 e. The Morgan fingerprint density at radius 1 is 1.24 bits per heavy atom. The third kappa shape index (κ3) is 4.48. The van der Waals surface area contributed by atoms with Gasteiger partial charge in [-0.25, -0.2) is 13.1 Å². The molecule has 0 saturated carbocycles. The molecule has 3 rings (SSSR count). The number of aliphatic hydroxyl groups excluding tert-OH is 1. The standard InChI is InChI=1S/C19H22N2O3S/c1-21-11-9-16-13-17(7-8-18(16)21)19(22)14-20-25(23,24)12-10-15-5-3-2-4-6-15/h2-8,10,12-13,19-20,22H,9,11,14H2,1H3/b12-10+. The van der Waals surface area contributed by atoms with Crippen LogP contribution in [0.4, 0.5) is 5.69 Å². The summed E-state index contributed by atoms with van der Waals surface area (Å²) in [6, 6.07) is 15.0. The fraction of sp³-hybridized carbons (Fsp3) is 0.263. The molecule has 1 heterocycles.